The van der Waals surface area contributed by atoms with Gasteiger partial charge in [0, 0.05) is 42.6 Å². The minimum atomic E-state index is -0.896. The van der Waals surface area contributed by atoms with E-state index in [0.717, 1.165) is 130 Å². The van der Waals surface area contributed by atoms with Gasteiger partial charge in [0.1, 0.15) is 29.5 Å². The van der Waals surface area contributed by atoms with E-state index in [9.17, 15) is 25.5 Å². The summed E-state index contributed by atoms with van der Waals surface area (Å²) in [4.78, 5) is 4.97. The lowest BCUT2D eigenvalue weighted by molar-refractivity contribution is -0.0218. The number of aliphatic hydroxyl groups is 3. The zero-order chi connectivity index (χ0) is 48.2. The number of allylic oxidation sites excluding steroid dienone is 2. The van der Waals surface area contributed by atoms with E-state index in [1.165, 1.54) is 0 Å². The molecule has 11 heteroatoms. The van der Waals surface area contributed by atoms with Crippen molar-refractivity contribution in [2.24, 2.45) is 51.1 Å². The molecule has 10 aliphatic rings. The molecule has 69 heavy (non-hydrogen) atoms. The Morgan fingerprint density at radius 3 is 2.42 bits per heavy atom. The van der Waals surface area contributed by atoms with Crippen LogP contribution in [-0.2, 0) is 19.3 Å². The highest BCUT2D eigenvalue weighted by Crippen LogP contribution is 2.58. The number of nitrogens with zero attached hydrogens (tertiary/aromatic N) is 1. The molecule has 0 aromatic heterocycles. The van der Waals surface area contributed by atoms with Crippen molar-refractivity contribution in [3.8, 4) is 39.9 Å². The SMILES string of the molecule is CCC1CC2C=CC1CC(O)CC1(CCCC1)CN=C(N)NCCC1C(CCCC13CCC(O)C3)Oc1cc(ccc1O)C1Oc3cc(OC)c4c(c3CC1O)C2Cc1cc(O)c(CC(C)C)cc1-4. The highest BCUT2D eigenvalue weighted by atomic mass is 16.5. The molecule has 0 amide bonds. The largest absolute Gasteiger partial charge is 0.508 e. The van der Waals surface area contributed by atoms with Crippen LogP contribution in [0.3, 0.4) is 0 Å². The number of benzene rings is 3. The quantitative estimate of drug-likeness (QED) is 0.125. The van der Waals surface area contributed by atoms with Crippen LogP contribution >= 0.6 is 0 Å². The number of hydrogen-bond acceptors (Lipinski definition) is 11. The van der Waals surface area contributed by atoms with Gasteiger partial charge in [-0.15, -0.1) is 0 Å². The van der Waals surface area contributed by atoms with E-state index in [-0.39, 0.29) is 52.5 Å². The van der Waals surface area contributed by atoms with E-state index in [4.69, 9.17) is 24.9 Å². The first-order valence-electron chi connectivity index (χ1n) is 26.8. The molecule has 0 saturated heterocycles. The van der Waals surface area contributed by atoms with Crippen molar-refractivity contribution in [1.29, 1.82) is 0 Å². The lowest BCUT2D eigenvalue weighted by atomic mass is 9.62. The number of aliphatic imine (C=N–C) groups is 1. The Bertz CT molecular complexity index is 2410. The van der Waals surface area contributed by atoms with E-state index >= 15 is 0 Å². The van der Waals surface area contributed by atoms with Crippen LogP contribution in [0, 0.1) is 40.4 Å². The van der Waals surface area contributed by atoms with Crippen LogP contribution < -0.4 is 25.3 Å². The molecule has 5 aliphatic heterocycles. The summed E-state index contributed by atoms with van der Waals surface area (Å²) in [5, 5.41) is 61.6. The minimum Gasteiger partial charge on any atom is -0.508 e. The first-order chi connectivity index (χ1) is 33.3. The average molecular weight is 946 g/mol. The number of nitrogens with one attached hydrogen (secondary N) is 1. The zero-order valence-corrected chi connectivity index (χ0v) is 41.6. The van der Waals surface area contributed by atoms with Gasteiger partial charge in [-0.1, -0.05) is 58.3 Å². The van der Waals surface area contributed by atoms with E-state index in [1.807, 2.05) is 24.3 Å². The fourth-order valence-electron chi connectivity index (χ4n) is 15.0. The Kier molecular flexibility index (Phi) is 13.7. The number of nitrogens with two attached hydrogens (primary N) is 1. The summed E-state index contributed by atoms with van der Waals surface area (Å²) >= 11 is 0. The molecule has 3 aromatic rings. The number of aromatic hydroxyl groups is 2. The molecular weight excluding hydrogens is 867 g/mol. The molecule has 8 bridgehead atoms. The Morgan fingerprint density at radius 1 is 0.855 bits per heavy atom. The highest BCUT2D eigenvalue weighted by Gasteiger charge is 2.50. The molecule has 2 spiro atoms. The molecule has 5 aliphatic carbocycles. The van der Waals surface area contributed by atoms with Crippen molar-refractivity contribution >= 4 is 5.96 Å². The van der Waals surface area contributed by atoms with Gasteiger partial charge < -0.3 is 50.8 Å². The third-order valence-electron chi connectivity index (χ3n) is 18.3. The molecule has 11 nitrogen and oxygen atoms in total. The van der Waals surface area contributed by atoms with Gasteiger partial charge in [0.2, 0.25) is 0 Å². The number of fused-ring (bicyclic) bond motifs is 2. The van der Waals surface area contributed by atoms with Crippen molar-refractivity contribution in [3.05, 3.63) is 76.4 Å². The zero-order valence-electron chi connectivity index (χ0n) is 41.6. The highest BCUT2D eigenvalue weighted by molar-refractivity contribution is 5.84. The average Bonchev–Trinajstić information content (AvgIpc) is 3.95. The van der Waals surface area contributed by atoms with Gasteiger partial charge in [-0.2, -0.15) is 0 Å². The molecule has 3 fully saturated rings. The summed E-state index contributed by atoms with van der Waals surface area (Å²) in [6.45, 7) is 7.82. The van der Waals surface area contributed by atoms with Crippen molar-refractivity contribution < 1.29 is 39.7 Å². The number of hydrogen-bond donors (Lipinski definition) is 7. The van der Waals surface area contributed by atoms with Crippen molar-refractivity contribution in [2.45, 2.75) is 173 Å². The minimum absolute atomic E-state index is 0.0221. The summed E-state index contributed by atoms with van der Waals surface area (Å²) in [6.07, 6.45) is 17.7. The van der Waals surface area contributed by atoms with Crippen molar-refractivity contribution in [2.75, 3.05) is 20.2 Å². The first-order valence-corrected chi connectivity index (χ1v) is 26.8. The summed E-state index contributed by atoms with van der Waals surface area (Å²) in [5.74, 6) is 3.80. The second-order valence-corrected chi connectivity index (χ2v) is 23.2. The lowest BCUT2D eigenvalue weighted by Gasteiger charge is -2.46. The standard InChI is InChI=1S/C58H79N3O8/c1-5-34-22-36-11-10-35(34)23-41(63)30-57(16-6-7-17-57)32-61-56(59)60-20-15-45-49(9-8-18-58(45)19-14-40(62)31-58)68-51-27-37(12-13-46(51)64)55-48(66)28-44-50(69-55)29-52(67-4)54-43-25-39(21-33(2)3)47(65)26-38(43)24-42(36)53(44)54/h10-13,25-27,29,33-36,40-42,45,48-49,55,62-66H,5-9,14-24,28,30-32H2,1-4H3,(H3,59,60,61). The summed E-state index contributed by atoms with van der Waals surface area (Å²) in [7, 11) is 1.72. The fraction of sp³-hybridized carbons (Fsp3) is 0.638. The van der Waals surface area contributed by atoms with E-state index in [0.29, 0.717) is 78.7 Å². The normalized spacial score (nSPS) is 33.1. The van der Waals surface area contributed by atoms with Crippen molar-refractivity contribution in [1.82, 2.24) is 5.32 Å². The fourth-order valence-corrected chi connectivity index (χ4v) is 15.0. The van der Waals surface area contributed by atoms with Crippen LogP contribution in [0.15, 0.2) is 53.5 Å². The molecule has 11 atom stereocenters. The predicted octanol–water partition coefficient (Wildman–Crippen LogP) is 9.96. The number of methoxy groups -OCH3 is 1. The number of phenolic OH excluding ortho intramolecular Hbond substituents is 2. The van der Waals surface area contributed by atoms with E-state index in [2.05, 4.69) is 44.3 Å². The monoisotopic (exact) mass is 946 g/mol. The molecule has 3 aromatic carbocycles. The molecule has 11 unspecified atom stereocenters. The van der Waals surface area contributed by atoms with Crippen LogP contribution in [0.25, 0.3) is 11.1 Å². The Labute approximate surface area is 410 Å². The number of ether oxygens (including phenoxy) is 3. The second kappa shape index (κ2) is 19.6. The van der Waals surface area contributed by atoms with Crippen molar-refractivity contribution in [3.63, 3.8) is 0 Å². The smallest absolute Gasteiger partial charge is 0.188 e. The van der Waals surface area contributed by atoms with Gasteiger partial charge in [-0.3, -0.25) is 4.99 Å². The van der Waals surface area contributed by atoms with Crippen LogP contribution in [0.4, 0.5) is 0 Å². The molecule has 374 valence electrons. The number of guanidine groups is 1. The predicted molar refractivity (Wildman–Crippen MR) is 270 cm³/mol. The molecule has 8 N–H and O–H groups in total. The second-order valence-electron chi connectivity index (χ2n) is 23.2. The van der Waals surface area contributed by atoms with Gasteiger partial charge in [0.25, 0.3) is 0 Å². The number of aliphatic hydroxyl groups excluding tert-OH is 3. The maximum atomic E-state index is 12.3. The van der Waals surface area contributed by atoms with Crippen LogP contribution in [0.2, 0.25) is 0 Å². The van der Waals surface area contributed by atoms with E-state index < -0.39 is 18.3 Å². The molecule has 0 radical (unpaired) electrons. The van der Waals surface area contributed by atoms with Crippen LogP contribution in [0.5, 0.6) is 28.7 Å². The maximum absolute atomic E-state index is 12.3. The Balaban J connectivity index is 1.07. The van der Waals surface area contributed by atoms with Gasteiger partial charge in [-0.25, -0.2) is 0 Å². The van der Waals surface area contributed by atoms with Gasteiger partial charge in [-0.05, 0) is 182 Å². The summed E-state index contributed by atoms with van der Waals surface area (Å²) in [6, 6.07) is 11.5. The van der Waals surface area contributed by atoms with Gasteiger partial charge in [0.05, 0.1) is 25.4 Å². The summed E-state index contributed by atoms with van der Waals surface area (Å²) < 4.78 is 20.3. The first kappa shape index (κ1) is 48.2. The van der Waals surface area contributed by atoms with Crippen LogP contribution in [-0.4, -0.2) is 76.1 Å². The Morgan fingerprint density at radius 2 is 1.67 bits per heavy atom. The van der Waals surface area contributed by atoms with Crippen LogP contribution in [0.1, 0.15) is 157 Å². The molecular formula is C58H79N3O8. The lowest BCUT2D eigenvalue weighted by Crippen LogP contribution is -2.46. The Hall–Kier alpha value is -4.45. The molecule has 13 rings (SSSR count). The number of phenols is 2. The topological polar surface area (TPSA) is 179 Å². The van der Waals surface area contributed by atoms with Gasteiger partial charge in [0.15, 0.2) is 17.5 Å². The van der Waals surface area contributed by atoms with E-state index in [1.54, 1.807) is 13.2 Å². The summed E-state index contributed by atoms with van der Waals surface area (Å²) in [5.41, 5.74) is 13.4. The number of rotatable bonds is 4. The molecule has 3 saturated carbocycles. The van der Waals surface area contributed by atoms with Gasteiger partial charge >= 0.3 is 0 Å². The molecule has 5 heterocycles. The maximum Gasteiger partial charge on any atom is 0.188 e. The third kappa shape index (κ3) is 9.46. The third-order valence-corrected chi connectivity index (χ3v) is 18.3.